The molecule has 48 valence electrons. The van der Waals surface area contributed by atoms with Crippen LogP contribution in [0.5, 0.6) is 0 Å². The fourth-order valence-electron chi connectivity index (χ4n) is 0. The minimum absolute atomic E-state index is 0. The number of rotatable bonds is 0. The Morgan fingerprint density at radius 2 is 0.625 bits per heavy atom. The smallest absolute Gasteiger partial charge is 1.00 e. The van der Waals surface area contributed by atoms with E-state index in [-0.39, 0.29) is 51.4 Å². The van der Waals surface area contributed by atoms with Crippen molar-refractivity contribution in [3.05, 3.63) is 0 Å². The molecule has 0 unspecified atom stereocenters. The molecule has 0 saturated heterocycles. The summed E-state index contributed by atoms with van der Waals surface area (Å²) in [7, 11) is -10.8. The molecule has 0 N–H and O–H groups in total. The monoisotopic (exact) mass is 181 g/mol. The topological polar surface area (TPSA) is 0 Å². The predicted molar refractivity (Wildman–Crippen MR) is 12.4 cm³/mol. The van der Waals surface area contributed by atoms with Crippen LogP contribution < -0.4 is 51.4 Å². The summed E-state index contributed by atoms with van der Waals surface area (Å²) in [6, 6.07) is 0. The third-order valence-electron chi connectivity index (χ3n) is 0. The van der Waals surface area contributed by atoms with Gasteiger partial charge in [0.1, 0.15) is 0 Å². The van der Waals surface area contributed by atoms with Gasteiger partial charge in [0, 0.05) is 0 Å². The van der Waals surface area contributed by atoms with E-state index in [2.05, 4.69) is 0 Å². The molecule has 0 spiro atoms. The van der Waals surface area contributed by atoms with Crippen molar-refractivity contribution in [2.75, 3.05) is 0 Å². The third-order valence-corrected chi connectivity index (χ3v) is 0. The van der Waals surface area contributed by atoms with Gasteiger partial charge in [-0.15, -0.1) is 0 Å². The second-order valence-corrected chi connectivity index (χ2v) is 3.21. The van der Waals surface area contributed by atoms with Gasteiger partial charge in [-0.3, -0.25) is 0 Å². The molecule has 0 amide bonds. The van der Waals surface area contributed by atoms with E-state index in [0.717, 1.165) is 0 Å². The van der Waals surface area contributed by atoms with Crippen LogP contribution in [0.4, 0.5) is 24.6 Å². The van der Waals surface area contributed by atoms with Crippen molar-refractivity contribution in [1.82, 2.24) is 0 Å². The Morgan fingerprint density at radius 1 is 0.625 bits per heavy atom. The Balaban J connectivity index is 0. The van der Waals surface area contributed by atoms with Crippen LogP contribution in [0.1, 0.15) is 0 Å². The molecule has 0 aromatic heterocycles. The van der Waals surface area contributed by atoms with Crippen molar-refractivity contribution in [3.8, 4) is 0 Å². The summed E-state index contributed by atoms with van der Waals surface area (Å²) in [6.45, 7) is 0. The molecular formula is F6KSi-. The van der Waals surface area contributed by atoms with Crippen molar-refractivity contribution in [2.24, 2.45) is 0 Å². The van der Waals surface area contributed by atoms with Crippen LogP contribution in [-0.4, -0.2) is 8.63 Å². The van der Waals surface area contributed by atoms with Crippen molar-refractivity contribution in [3.63, 3.8) is 0 Å². The molecule has 0 rings (SSSR count). The summed E-state index contributed by atoms with van der Waals surface area (Å²) in [6.07, 6.45) is 0. The van der Waals surface area contributed by atoms with Crippen molar-refractivity contribution in [1.29, 1.82) is 0 Å². The fourth-order valence-corrected chi connectivity index (χ4v) is 0. The standard InChI is InChI=1S/F6Si.K/c1-7(2,3,4,5)6;/q-2;+1. The van der Waals surface area contributed by atoms with E-state index in [4.69, 9.17) is 0 Å². The van der Waals surface area contributed by atoms with Gasteiger partial charge in [0.15, 0.2) is 0 Å². The van der Waals surface area contributed by atoms with Crippen molar-refractivity contribution in [2.45, 2.75) is 0 Å². The Labute approximate surface area is 83.5 Å². The summed E-state index contributed by atoms with van der Waals surface area (Å²) < 4.78 is 59.3. The molecule has 0 aromatic rings. The molecular weight excluding hydrogens is 181 g/mol. The first-order chi connectivity index (χ1) is 2.45. The Morgan fingerprint density at radius 3 is 0.625 bits per heavy atom. The van der Waals surface area contributed by atoms with Gasteiger partial charge in [-0.25, -0.2) is 0 Å². The second-order valence-electron chi connectivity index (χ2n) is 1.07. The molecule has 0 atom stereocenters. The molecule has 0 radical (unpaired) electrons. The minimum Gasteiger partial charge on any atom is 1.00 e. The zero-order valence-corrected chi connectivity index (χ0v) is 7.89. The van der Waals surface area contributed by atoms with E-state index in [0.29, 0.717) is 0 Å². The maximum absolute atomic E-state index is 10.8. The van der Waals surface area contributed by atoms with E-state index in [1.165, 1.54) is 0 Å². The maximum atomic E-state index is 9.88. The van der Waals surface area contributed by atoms with Gasteiger partial charge in [-0.1, -0.05) is 0 Å². The first-order valence-corrected chi connectivity index (χ1v) is 3.40. The van der Waals surface area contributed by atoms with Crippen LogP contribution in [0.3, 0.4) is 0 Å². The summed E-state index contributed by atoms with van der Waals surface area (Å²) in [5.41, 5.74) is 0. The molecule has 0 bridgehead atoms. The van der Waals surface area contributed by atoms with E-state index in [1.54, 1.807) is 0 Å². The van der Waals surface area contributed by atoms with Crippen LogP contribution in [0.15, 0.2) is 0 Å². The van der Waals surface area contributed by atoms with Gasteiger partial charge in [0.05, 0.1) is 0 Å². The predicted octanol–water partition coefficient (Wildman–Crippen LogP) is -0.856. The molecule has 8 heavy (non-hydrogen) atoms. The van der Waals surface area contributed by atoms with Gasteiger partial charge in [0.2, 0.25) is 0 Å². The largest absolute Gasteiger partial charge is 1.00 e. The third kappa shape index (κ3) is 150. The van der Waals surface area contributed by atoms with Gasteiger partial charge in [-0.2, -0.15) is 0 Å². The Hall–Kier alpha value is 1.43. The molecule has 0 aliphatic carbocycles. The second kappa shape index (κ2) is 1.73. The summed E-state index contributed by atoms with van der Waals surface area (Å²) in [4.78, 5) is 0. The quantitative estimate of drug-likeness (QED) is 0.259. The van der Waals surface area contributed by atoms with Crippen LogP contribution in [0.25, 0.3) is 0 Å². The van der Waals surface area contributed by atoms with Gasteiger partial charge >= 0.3 is 84.7 Å². The van der Waals surface area contributed by atoms with Gasteiger partial charge in [0.25, 0.3) is 0 Å². The van der Waals surface area contributed by atoms with Crippen LogP contribution in [-0.2, 0) is 0 Å². The van der Waals surface area contributed by atoms with Gasteiger partial charge in [-0.05, 0) is 0 Å². The minimum atomic E-state index is -10.8. The molecule has 0 aliphatic rings. The molecule has 8 heteroatoms. The van der Waals surface area contributed by atoms with Gasteiger partial charge < -0.3 is 0 Å². The molecule has 0 aromatic carbocycles. The molecule has 0 aliphatic heterocycles. The molecule has 0 fully saturated rings. The normalized spacial score (nSPS) is 20.2. The van der Waals surface area contributed by atoms with E-state index >= 15 is 0 Å². The average molecular weight is 181 g/mol. The number of hydrogen-bond donors (Lipinski definition) is 0. The molecule has 0 nitrogen and oxygen atoms in total. The van der Waals surface area contributed by atoms with E-state index < -0.39 is 8.63 Å². The number of hydrogen-bond acceptors (Lipinski definition) is 0. The Bertz CT molecular complexity index is 67.1. The zero-order valence-electron chi connectivity index (χ0n) is 3.77. The van der Waals surface area contributed by atoms with E-state index in [1.807, 2.05) is 0 Å². The van der Waals surface area contributed by atoms with Crippen LogP contribution >= 0.6 is 0 Å². The van der Waals surface area contributed by atoms with Crippen molar-refractivity contribution >= 4 is 8.63 Å². The zero-order chi connectivity index (χ0) is 6.41. The van der Waals surface area contributed by atoms with Crippen LogP contribution in [0.2, 0.25) is 0 Å². The van der Waals surface area contributed by atoms with Crippen LogP contribution in [0, 0.1) is 0 Å². The first-order valence-electron chi connectivity index (χ1n) is 1.13. The average Bonchev–Trinajstić information content (AvgIpc) is 0.592. The summed E-state index contributed by atoms with van der Waals surface area (Å²) in [5, 5.41) is 0. The van der Waals surface area contributed by atoms with E-state index in [9.17, 15) is 24.6 Å². The van der Waals surface area contributed by atoms with Crippen molar-refractivity contribution < 1.29 is 76.0 Å². The summed E-state index contributed by atoms with van der Waals surface area (Å²) in [5.74, 6) is 0. The molecule has 0 heterocycles. The SMILES string of the molecule is F[Si-2](F)(F)(F)(F)F.[K+]. The maximum Gasteiger partial charge on any atom is 1.00 e. The first kappa shape index (κ1) is 12.1. The number of halogens is 6. The fraction of sp³-hybridized carbons (Fsp3) is 0. The summed E-state index contributed by atoms with van der Waals surface area (Å²) >= 11 is 0. The molecule has 0 saturated carbocycles. The Kier molecular flexibility index (Phi) is 2.62.